The van der Waals surface area contributed by atoms with E-state index in [1.807, 2.05) is 0 Å². The van der Waals surface area contributed by atoms with Crippen LogP contribution in [0.3, 0.4) is 0 Å². The highest BCUT2D eigenvalue weighted by Crippen LogP contribution is 2.22. The van der Waals surface area contributed by atoms with Crippen LogP contribution in [0, 0.1) is 12.7 Å². The van der Waals surface area contributed by atoms with Crippen LogP contribution < -0.4 is 0 Å². The maximum atomic E-state index is 12.9. The highest BCUT2D eigenvalue weighted by molar-refractivity contribution is 6.32. The molecule has 88 valence electrons. The first kappa shape index (κ1) is 11.6. The van der Waals surface area contributed by atoms with Crippen molar-refractivity contribution in [2.75, 3.05) is 0 Å². The number of carboxylic acid groups (broad SMARTS) is 1. The van der Waals surface area contributed by atoms with Gasteiger partial charge in [-0.15, -0.1) is 0 Å². The third-order valence-electron chi connectivity index (χ3n) is 2.24. The minimum Gasteiger partial charge on any atom is -0.476 e. The molecule has 0 saturated carbocycles. The molecule has 0 spiro atoms. The summed E-state index contributed by atoms with van der Waals surface area (Å²) in [6, 6.07) is 5.26. The molecule has 0 aliphatic heterocycles. The fourth-order valence-electron chi connectivity index (χ4n) is 1.48. The first-order valence-corrected chi connectivity index (χ1v) is 5.12. The van der Waals surface area contributed by atoms with E-state index >= 15 is 0 Å². The van der Waals surface area contributed by atoms with Crippen LogP contribution >= 0.6 is 11.6 Å². The fraction of sp³-hybridized carbons (Fsp3) is 0.0909. The SMILES string of the molecule is Cc1cc(C(=O)O)nn1-c1ccc(F)cc1Cl. The molecule has 6 heteroatoms. The Kier molecular flexibility index (Phi) is 2.85. The molecule has 0 unspecified atom stereocenters. The molecule has 1 aromatic carbocycles. The predicted molar refractivity (Wildman–Crippen MR) is 60.2 cm³/mol. The van der Waals surface area contributed by atoms with Gasteiger partial charge in [0.15, 0.2) is 5.69 Å². The summed E-state index contributed by atoms with van der Waals surface area (Å²) in [5, 5.41) is 12.9. The normalized spacial score (nSPS) is 10.5. The molecule has 1 heterocycles. The van der Waals surface area contributed by atoms with E-state index < -0.39 is 11.8 Å². The van der Waals surface area contributed by atoms with Gasteiger partial charge in [0.2, 0.25) is 0 Å². The zero-order chi connectivity index (χ0) is 12.6. The molecule has 4 nitrogen and oxygen atoms in total. The number of aromatic carboxylic acids is 1. The van der Waals surface area contributed by atoms with Crippen molar-refractivity contribution in [3.63, 3.8) is 0 Å². The Morgan fingerprint density at radius 1 is 1.47 bits per heavy atom. The first-order valence-electron chi connectivity index (χ1n) is 4.74. The Labute approximate surface area is 101 Å². The van der Waals surface area contributed by atoms with Crippen LogP contribution in [0.2, 0.25) is 5.02 Å². The van der Waals surface area contributed by atoms with Gasteiger partial charge in [0.1, 0.15) is 5.82 Å². The Morgan fingerprint density at radius 3 is 2.71 bits per heavy atom. The molecule has 0 atom stereocenters. The van der Waals surface area contributed by atoms with Crippen molar-refractivity contribution in [2.24, 2.45) is 0 Å². The van der Waals surface area contributed by atoms with E-state index in [0.29, 0.717) is 11.4 Å². The van der Waals surface area contributed by atoms with E-state index in [-0.39, 0.29) is 10.7 Å². The van der Waals surface area contributed by atoms with Crippen molar-refractivity contribution >= 4 is 17.6 Å². The van der Waals surface area contributed by atoms with Crippen molar-refractivity contribution in [3.8, 4) is 5.69 Å². The molecule has 0 saturated heterocycles. The molecular weight excluding hydrogens is 247 g/mol. The Morgan fingerprint density at radius 2 is 2.18 bits per heavy atom. The second kappa shape index (κ2) is 4.18. The highest BCUT2D eigenvalue weighted by Gasteiger charge is 2.13. The molecule has 17 heavy (non-hydrogen) atoms. The maximum Gasteiger partial charge on any atom is 0.356 e. The van der Waals surface area contributed by atoms with Gasteiger partial charge in [-0.05, 0) is 31.2 Å². The molecule has 1 N–H and O–H groups in total. The highest BCUT2D eigenvalue weighted by atomic mass is 35.5. The Hall–Kier alpha value is -1.88. The summed E-state index contributed by atoms with van der Waals surface area (Å²) in [5.74, 6) is -1.58. The maximum absolute atomic E-state index is 12.9. The molecule has 0 fully saturated rings. The fourth-order valence-corrected chi connectivity index (χ4v) is 1.72. The van der Waals surface area contributed by atoms with E-state index in [2.05, 4.69) is 5.10 Å². The van der Waals surface area contributed by atoms with E-state index in [4.69, 9.17) is 16.7 Å². The third kappa shape index (κ3) is 2.14. The molecule has 2 aromatic rings. The monoisotopic (exact) mass is 254 g/mol. The summed E-state index contributed by atoms with van der Waals surface area (Å²) in [4.78, 5) is 10.8. The first-order chi connectivity index (χ1) is 7.99. The van der Waals surface area contributed by atoms with Gasteiger partial charge in [0.25, 0.3) is 0 Å². The molecule has 0 aliphatic rings. The number of hydrogen-bond acceptors (Lipinski definition) is 2. The van der Waals surface area contributed by atoms with Crippen molar-refractivity contribution in [1.82, 2.24) is 9.78 Å². The van der Waals surface area contributed by atoms with Gasteiger partial charge in [0.05, 0.1) is 10.7 Å². The molecule has 0 bridgehead atoms. The van der Waals surface area contributed by atoms with E-state index in [1.54, 1.807) is 6.92 Å². The summed E-state index contributed by atoms with van der Waals surface area (Å²) < 4.78 is 14.3. The molecule has 0 radical (unpaired) electrons. The second-order valence-corrected chi connectivity index (χ2v) is 3.89. The van der Waals surface area contributed by atoms with E-state index in [9.17, 15) is 9.18 Å². The van der Waals surface area contributed by atoms with Crippen LogP contribution in [0.4, 0.5) is 4.39 Å². The standard InChI is InChI=1S/C11H8ClFN2O2/c1-6-4-9(11(16)17)14-15(6)10-3-2-7(13)5-8(10)12/h2-5H,1H3,(H,16,17). The van der Waals surface area contributed by atoms with Crippen molar-refractivity contribution in [3.05, 3.63) is 46.5 Å². The summed E-state index contributed by atoms with van der Waals surface area (Å²) in [6.45, 7) is 1.69. The molecular formula is C11H8ClFN2O2. The average Bonchev–Trinajstić information content (AvgIpc) is 2.61. The van der Waals surface area contributed by atoms with E-state index in [0.717, 1.165) is 6.07 Å². The third-order valence-corrected chi connectivity index (χ3v) is 2.55. The smallest absolute Gasteiger partial charge is 0.356 e. The van der Waals surface area contributed by atoms with Gasteiger partial charge in [-0.25, -0.2) is 13.9 Å². The van der Waals surface area contributed by atoms with Crippen molar-refractivity contribution in [2.45, 2.75) is 6.92 Å². The summed E-state index contributed by atoms with van der Waals surface area (Å²) in [6.07, 6.45) is 0. The van der Waals surface area contributed by atoms with E-state index in [1.165, 1.54) is 22.9 Å². The van der Waals surface area contributed by atoms with Crippen LogP contribution in [0.25, 0.3) is 5.69 Å². The average molecular weight is 255 g/mol. The minimum atomic E-state index is -1.12. The molecule has 1 aromatic heterocycles. The minimum absolute atomic E-state index is 0.0807. The van der Waals surface area contributed by atoms with Gasteiger partial charge in [-0.1, -0.05) is 11.6 Å². The quantitative estimate of drug-likeness (QED) is 0.896. The number of nitrogens with zero attached hydrogens (tertiary/aromatic N) is 2. The Balaban J connectivity index is 2.56. The lowest BCUT2D eigenvalue weighted by molar-refractivity contribution is 0.0690. The number of halogens is 2. The van der Waals surface area contributed by atoms with Crippen LogP contribution in [0.15, 0.2) is 24.3 Å². The number of aryl methyl sites for hydroxylation is 1. The number of carboxylic acids is 1. The van der Waals surface area contributed by atoms with Crippen molar-refractivity contribution in [1.29, 1.82) is 0 Å². The lowest BCUT2D eigenvalue weighted by Crippen LogP contribution is -2.03. The summed E-state index contributed by atoms with van der Waals surface area (Å²) in [7, 11) is 0. The van der Waals surface area contributed by atoms with Crippen LogP contribution in [0.5, 0.6) is 0 Å². The van der Waals surface area contributed by atoms with Crippen LogP contribution in [0.1, 0.15) is 16.2 Å². The van der Waals surface area contributed by atoms with Crippen LogP contribution in [-0.2, 0) is 0 Å². The lowest BCUT2D eigenvalue weighted by Gasteiger charge is -2.06. The number of carbonyl (C=O) groups is 1. The number of aromatic nitrogens is 2. The number of hydrogen-bond donors (Lipinski definition) is 1. The van der Waals surface area contributed by atoms with Gasteiger partial charge in [0, 0.05) is 5.69 Å². The van der Waals surface area contributed by atoms with Gasteiger partial charge < -0.3 is 5.11 Å². The molecule has 0 amide bonds. The lowest BCUT2D eigenvalue weighted by atomic mass is 10.3. The molecule has 0 aliphatic carbocycles. The number of benzene rings is 1. The number of rotatable bonds is 2. The van der Waals surface area contributed by atoms with Crippen molar-refractivity contribution < 1.29 is 14.3 Å². The summed E-state index contributed by atoms with van der Waals surface area (Å²) >= 11 is 5.88. The zero-order valence-electron chi connectivity index (χ0n) is 8.82. The predicted octanol–water partition coefficient (Wildman–Crippen LogP) is 2.67. The Bertz CT molecular complexity index is 595. The van der Waals surface area contributed by atoms with Crippen LogP contribution in [-0.4, -0.2) is 20.9 Å². The summed E-state index contributed by atoms with van der Waals surface area (Å²) in [5.41, 5.74) is 0.969. The molecule has 2 rings (SSSR count). The zero-order valence-corrected chi connectivity index (χ0v) is 9.57. The van der Waals surface area contributed by atoms with Gasteiger partial charge in [-0.3, -0.25) is 0 Å². The largest absolute Gasteiger partial charge is 0.476 e. The topological polar surface area (TPSA) is 55.1 Å². The van der Waals surface area contributed by atoms with Gasteiger partial charge in [-0.2, -0.15) is 5.10 Å². The van der Waals surface area contributed by atoms with Gasteiger partial charge >= 0.3 is 5.97 Å². The second-order valence-electron chi connectivity index (χ2n) is 3.48.